The molecule has 3 N–H and O–H groups in total. The highest BCUT2D eigenvalue weighted by atomic mass is 16.2. The van der Waals surface area contributed by atoms with Gasteiger partial charge in [-0.05, 0) is 64.4 Å². The van der Waals surface area contributed by atoms with E-state index in [1.165, 1.54) is 5.56 Å². The van der Waals surface area contributed by atoms with Crippen molar-refractivity contribution >= 4 is 28.5 Å². The summed E-state index contributed by atoms with van der Waals surface area (Å²) in [6, 6.07) is 29.1. The molecule has 1 saturated heterocycles. The van der Waals surface area contributed by atoms with Crippen LogP contribution in [0.1, 0.15) is 57.8 Å². The normalized spacial score (nSPS) is 17.7. The van der Waals surface area contributed by atoms with E-state index in [4.69, 9.17) is 5.73 Å². The van der Waals surface area contributed by atoms with Crippen LogP contribution in [0.2, 0.25) is 0 Å². The number of rotatable bonds is 7. The minimum absolute atomic E-state index is 0.0801. The molecule has 1 aliphatic heterocycles. The summed E-state index contributed by atoms with van der Waals surface area (Å²) < 4.78 is 0. The second kappa shape index (κ2) is 12.2. The van der Waals surface area contributed by atoms with Crippen molar-refractivity contribution in [3.8, 4) is 0 Å². The number of nitrogens with two attached hydrogens (primary N) is 1. The second-order valence-electron chi connectivity index (χ2n) is 12.5. The molecule has 3 amide bonds. The van der Waals surface area contributed by atoms with E-state index in [0.717, 1.165) is 46.7 Å². The highest BCUT2D eigenvalue weighted by Crippen LogP contribution is 2.52. The standard InChI is InChI=1S/C37H40N4O3/c1-40(2)35(43)31-23-37(32-13-6-5-12-30(31)32)16-18-41(19-17-37)36(44)33(39-34(42)29-11-7-8-26(21-29)24-38)22-25-14-15-27-9-3-4-10-28(27)20-25/h3-15,20-21,31,33H,16-19,22-24,38H2,1-2H3,(H,39,42)/t31-,33-/m1/s1. The summed E-state index contributed by atoms with van der Waals surface area (Å²) in [6.45, 7) is 1.48. The van der Waals surface area contributed by atoms with Crippen molar-refractivity contribution in [2.24, 2.45) is 5.73 Å². The van der Waals surface area contributed by atoms with E-state index in [9.17, 15) is 14.4 Å². The number of piperidine rings is 1. The first-order valence-corrected chi connectivity index (χ1v) is 15.4. The number of hydrogen-bond acceptors (Lipinski definition) is 4. The zero-order valence-electron chi connectivity index (χ0n) is 25.5. The molecule has 1 heterocycles. The van der Waals surface area contributed by atoms with Gasteiger partial charge in [0.2, 0.25) is 11.8 Å². The van der Waals surface area contributed by atoms with Gasteiger partial charge in [0.15, 0.2) is 0 Å². The van der Waals surface area contributed by atoms with Gasteiger partial charge in [0, 0.05) is 51.1 Å². The van der Waals surface area contributed by atoms with Gasteiger partial charge in [0.25, 0.3) is 5.91 Å². The van der Waals surface area contributed by atoms with Crippen LogP contribution in [0.5, 0.6) is 0 Å². The Kier molecular flexibility index (Phi) is 8.23. The number of fused-ring (bicyclic) bond motifs is 3. The number of hydrogen-bond donors (Lipinski definition) is 2. The molecule has 1 aliphatic carbocycles. The molecule has 226 valence electrons. The van der Waals surface area contributed by atoms with Crippen LogP contribution >= 0.6 is 0 Å². The fraction of sp³-hybridized carbons (Fsp3) is 0.324. The Morgan fingerprint density at radius 2 is 1.61 bits per heavy atom. The summed E-state index contributed by atoms with van der Waals surface area (Å²) in [7, 11) is 3.63. The van der Waals surface area contributed by atoms with Crippen LogP contribution in [-0.2, 0) is 28.0 Å². The lowest BCUT2D eigenvalue weighted by Gasteiger charge is -2.41. The molecule has 0 radical (unpaired) electrons. The van der Waals surface area contributed by atoms with Gasteiger partial charge >= 0.3 is 0 Å². The van der Waals surface area contributed by atoms with Crippen molar-refractivity contribution in [1.82, 2.24) is 15.1 Å². The molecule has 2 atom stereocenters. The maximum Gasteiger partial charge on any atom is 0.251 e. The first kappa shape index (κ1) is 29.6. The van der Waals surface area contributed by atoms with Crippen molar-refractivity contribution in [2.45, 2.75) is 49.6 Å². The lowest BCUT2D eigenvalue weighted by molar-refractivity contribution is -0.135. The molecule has 0 bridgehead atoms. The van der Waals surface area contributed by atoms with E-state index in [1.807, 2.05) is 55.4 Å². The zero-order chi connectivity index (χ0) is 30.8. The largest absolute Gasteiger partial charge is 0.348 e. The van der Waals surface area contributed by atoms with Crippen LogP contribution in [0.15, 0.2) is 91.0 Å². The number of likely N-dealkylation sites (tertiary alicyclic amines) is 1. The Morgan fingerprint density at radius 1 is 0.886 bits per heavy atom. The van der Waals surface area contributed by atoms with Crippen LogP contribution in [0.4, 0.5) is 0 Å². The third-order valence-electron chi connectivity index (χ3n) is 9.56. The number of likely N-dealkylation sites (N-methyl/N-ethyl adjacent to an activating group) is 1. The molecule has 6 rings (SSSR count). The zero-order valence-corrected chi connectivity index (χ0v) is 25.5. The van der Waals surface area contributed by atoms with E-state index in [-0.39, 0.29) is 29.1 Å². The number of carbonyl (C=O) groups excluding carboxylic acids is 3. The summed E-state index contributed by atoms with van der Waals surface area (Å²) in [5.74, 6) is -0.399. The van der Waals surface area contributed by atoms with E-state index >= 15 is 0 Å². The van der Waals surface area contributed by atoms with Crippen molar-refractivity contribution < 1.29 is 14.4 Å². The number of benzene rings is 4. The summed E-state index contributed by atoms with van der Waals surface area (Å²) in [5, 5.41) is 5.30. The van der Waals surface area contributed by atoms with E-state index in [2.05, 4.69) is 47.8 Å². The van der Waals surface area contributed by atoms with E-state index in [0.29, 0.717) is 31.6 Å². The van der Waals surface area contributed by atoms with Crippen molar-refractivity contribution in [2.75, 3.05) is 27.2 Å². The highest BCUT2D eigenvalue weighted by Gasteiger charge is 2.48. The van der Waals surface area contributed by atoms with Gasteiger partial charge in [0.1, 0.15) is 6.04 Å². The molecule has 0 unspecified atom stereocenters. The number of nitrogens with zero attached hydrogens (tertiary/aromatic N) is 2. The molecule has 0 saturated carbocycles. The second-order valence-corrected chi connectivity index (χ2v) is 12.5. The van der Waals surface area contributed by atoms with E-state index in [1.54, 1.807) is 17.0 Å². The lowest BCUT2D eigenvalue weighted by Crippen LogP contribution is -2.53. The molecule has 4 aromatic carbocycles. The van der Waals surface area contributed by atoms with Gasteiger partial charge < -0.3 is 20.9 Å². The van der Waals surface area contributed by atoms with Gasteiger partial charge in [-0.2, -0.15) is 0 Å². The van der Waals surface area contributed by atoms with Gasteiger partial charge in [-0.3, -0.25) is 14.4 Å². The Morgan fingerprint density at radius 3 is 2.36 bits per heavy atom. The van der Waals surface area contributed by atoms with Crippen molar-refractivity contribution in [3.05, 3.63) is 119 Å². The molecular formula is C37H40N4O3. The topological polar surface area (TPSA) is 95.7 Å². The Hall–Kier alpha value is -4.49. The predicted octanol–water partition coefficient (Wildman–Crippen LogP) is 4.78. The third kappa shape index (κ3) is 5.72. The van der Waals surface area contributed by atoms with Gasteiger partial charge in [0.05, 0.1) is 5.92 Å². The Bertz CT molecular complexity index is 1710. The highest BCUT2D eigenvalue weighted by molar-refractivity contribution is 5.98. The molecule has 2 aliphatic rings. The summed E-state index contributed by atoms with van der Waals surface area (Å²) in [5.41, 5.74) is 10.4. The van der Waals surface area contributed by atoms with Crippen LogP contribution in [-0.4, -0.2) is 60.7 Å². The fourth-order valence-corrected chi connectivity index (χ4v) is 7.16. The lowest BCUT2D eigenvalue weighted by atomic mass is 9.73. The Balaban J connectivity index is 1.23. The maximum atomic E-state index is 14.2. The molecule has 7 nitrogen and oxygen atoms in total. The van der Waals surface area contributed by atoms with Gasteiger partial charge in [-0.15, -0.1) is 0 Å². The first-order chi connectivity index (χ1) is 21.3. The molecule has 4 aromatic rings. The SMILES string of the molecule is CN(C)C(=O)[C@@H]1CC2(CCN(C(=O)[C@@H](Cc3ccc4ccccc4c3)NC(=O)c3cccc(CN)c3)CC2)c2ccccc21. The molecule has 1 fully saturated rings. The summed E-state index contributed by atoms with van der Waals surface area (Å²) >= 11 is 0. The smallest absolute Gasteiger partial charge is 0.251 e. The fourth-order valence-electron chi connectivity index (χ4n) is 7.16. The molecule has 44 heavy (non-hydrogen) atoms. The van der Waals surface area contributed by atoms with Crippen LogP contribution in [0, 0.1) is 0 Å². The number of amides is 3. The summed E-state index contributed by atoms with van der Waals surface area (Å²) in [6.07, 6.45) is 2.71. The number of carbonyl (C=O) groups is 3. The molecule has 1 spiro atoms. The van der Waals surface area contributed by atoms with Crippen LogP contribution in [0.25, 0.3) is 10.8 Å². The molecular weight excluding hydrogens is 548 g/mol. The first-order valence-electron chi connectivity index (χ1n) is 15.4. The average molecular weight is 589 g/mol. The molecule has 0 aromatic heterocycles. The minimum atomic E-state index is -0.724. The minimum Gasteiger partial charge on any atom is -0.348 e. The maximum absolute atomic E-state index is 14.2. The average Bonchev–Trinajstić information content (AvgIpc) is 3.37. The van der Waals surface area contributed by atoms with Crippen molar-refractivity contribution in [3.63, 3.8) is 0 Å². The van der Waals surface area contributed by atoms with Crippen LogP contribution in [0.3, 0.4) is 0 Å². The van der Waals surface area contributed by atoms with Crippen LogP contribution < -0.4 is 11.1 Å². The monoisotopic (exact) mass is 588 g/mol. The third-order valence-corrected chi connectivity index (χ3v) is 9.56. The molecule has 7 heteroatoms. The quantitative estimate of drug-likeness (QED) is 0.325. The van der Waals surface area contributed by atoms with Gasteiger partial charge in [-0.25, -0.2) is 0 Å². The number of nitrogens with one attached hydrogen (secondary N) is 1. The Labute approximate surface area is 259 Å². The van der Waals surface area contributed by atoms with E-state index < -0.39 is 6.04 Å². The predicted molar refractivity (Wildman–Crippen MR) is 173 cm³/mol. The van der Waals surface area contributed by atoms with Gasteiger partial charge in [-0.1, -0.05) is 78.9 Å². The van der Waals surface area contributed by atoms with Crippen molar-refractivity contribution in [1.29, 1.82) is 0 Å². The summed E-state index contributed by atoms with van der Waals surface area (Å²) in [4.78, 5) is 44.4.